The minimum Gasteiger partial charge on any atom is -0.507 e. The third-order valence-corrected chi connectivity index (χ3v) is 5.41. The number of nitrogens with one attached hydrogen (secondary N) is 1. The number of halogens is 3. The second kappa shape index (κ2) is 5.23. The van der Waals surface area contributed by atoms with Crippen molar-refractivity contribution in [1.29, 1.82) is 0 Å². The third kappa shape index (κ3) is 3.48. The Kier molecular flexibility index (Phi) is 3.89. The molecule has 0 aliphatic carbocycles. The SMILES string of the molecule is Cc1ccc(S(=O)(=O)Nc2ccc(C(F)(F)F)c(O)c2)s1. The normalized spacial score (nSPS) is 12.4. The molecule has 0 unspecified atom stereocenters. The molecular formula is C12H10F3NO3S2. The van der Waals surface area contributed by atoms with Crippen LogP contribution in [-0.4, -0.2) is 13.5 Å². The van der Waals surface area contributed by atoms with Crippen LogP contribution in [0.25, 0.3) is 0 Å². The first-order valence-electron chi connectivity index (χ1n) is 5.59. The van der Waals surface area contributed by atoms with Crippen molar-refractivity contribution in [3.8, 4) is 5.75 Å². The lowest BCUT2D eigenvalue weighted by molar-refractivity contribution is -0.138. The van der Waals surface area contributed by atoms with E-state index >= 15 is 0 Å². The Balaban J connectivity index is 2.31. The topological polar surface area (TPSA) is 66.4 Å². The van der Waals surface area contributed by atoms with E-state index in [1.54, 1.807) is 13.0 Å². The number of rotatable bonds is 3. The number of hydrogen-bond donors (Lipinski definition) is 2. The van der Waals surface area contributed by atoms with Crippen molar-refractivity contribution >= 4 is 27.0 Å². The average molecular weight is 337 g/mol. The van der Waals surface area contributed by atoms with Gasteiger partial charge in [-0.2, -0.15) is 13.2 Å². The van der Waals surface area contributed by atoms with E-state index in [-0.39, 0.29) is 9.90 Å². The molecule has 0 saturated heterocycles. The maximum absolute atomic E-state index is 12.5. The largest absolute Gasteiger partial charge is 0.507 e. The molecule has 0 atom stereocenters. The number of phenols is 1. The molecule has 1 heterocycles. The Labute approximate surface area is 122 Å². The summed E-state index contributed by atoms with van der Waals surface area (Å²) in [6, 6.07) is 5.30. The van der Waals surface area contributed by atoms with Crippen LogP contribution in [0.15, 0.2) is 34.5 Å². The zero-order valence-electron chi connectivity index (χ0n) is 10.6. The van der Waals surface area contributed by atoms with Gasteiger partial charge in [-0.1, -0.05) is 0 Å². The lowest BCUT2D eigenvalue weighted by Crippen LogP contribution is -2.12. The van der Waals surface area contributed by atoms with Gasteiger partial charge in [0.25, 0.3) is 10.0 Å². The summed E-state index contributed by atoms with van der Waals surface area (Å²) in [5.74, 6) is -1.04. The van der Waals surface area contributed by atoms with Crippen LogP contribution in [-0.2, 0) is 16.2 Å². The summed E-state index contributed by atoms with van der Waals surface area (Å²) in [6.45, 7) is 1.73. The molecule has 1 aromatic carbocycles. The van der Waals surface area contributed by atoms with Gasteiger partial charge in [-0.25, -0.2) is 8.42 Å². The van der Waals surface area contributed by atoms with Gasteiger partial charge in [-0.3, -0.25) is 4.72 Å². The number of hydrogen-bond acceptors (Lipinski definition) is 4. The van der Waals surface area contributed by atoms with Crippen molar-refractivity contribution in [2.45, 2.75) is 17.3 Å². The number of alkyl halides is 3. The molecule has 2 aromatic rings. The zero-order valence-corrected chi connectivity index (χ0v) is 12.2. The lowest BCUT2D eigenvalue weighted by Gasteiger charge is -2.11. The van der Waals surface area contributed by atoms with Gasteiger partial charge in [0.2, 0.25) is 0 Å². The van der Waals surface area contributed by atoms with E-state index in [0.717, 1.165) is 28.3 Å². The van der Waals surface area contributed by atoms with Crippen LogP contribution in [0.1, 0.15) is 10.4 Å². The first kappa shape index (κ1) is 15.6. The van der Waals surface area contributed by atoms with Crippen LogP contribution in [0.4, 0.5) is 18.9 Å². The highest BCUT2D eigenvalue weighted by Crippen LogP contribution is 2.37. The van der Waals surface area contributed by atoms with Crippen molar-refractivity contribution in [2.24, 2.45) is 0 Å². The summed E-state index contributed by atoms with van der Waals surface area (Å²) >= 11 is 1.03. The molecule has 114 valence electrons. The Hall–Kier alpha value is -1.74. The highest BCUT2D eigenvalue weighted by Gasteiger charge is 2.34. The Morgan fingerprint density at radius 3 is 2.33 bits per heavy atom. The Morgan fingerprint density at radius 1 is 1.19 bits per heavy atom. The summed E-state index contributed by atoms with van der Waals surface area (Å²) in [7, 11) is -3.88. The van der Waals surface area contributed by atoms with Crippen LogP contribution in [0, 0.1) is 6.92 Å². The van der Waals surface area contributed by atoms with Gasteiger partial charge in [0.05, 0.1) is 11.3 Å². The van der Waals surface area contributed by atoms with Crippen molar-refractivity contribution in [3.05, 3.63) is 40.8 Å². The maximum Gasteiger partial charge on any atom is 0.419 e. The number of aryl methyl sites for hydroxylation is 1. The molecule has 9 heteroatoms. The number of phenolic OH excluding ortho intramolecular Hbond substituents is 1. The first-order valence-corrected chi connectivity index (χ1v) is 7.89. The predicted octanol–water partition coefficient (Wildman–Crippen LogP) is 3.58. The molecule has 0 bridgehead atoms. The van der Waals surface area contributed by atoms with Gasteiger partial charge in [0, 0.05) is 10.9 Å². The monoisotopic (exact) mass is 337 g/mol. The van der Waals surface area contributed by atoms with Crippen molar-refractivity contribution < 1.29 is 26.7 Å². The van der Waals surface area contributed by atoms with E-state index in [2.05, 4.69) is 4.72 Å². The molecule has 0 spiro atoms. The molecule has 2 N–H and O–H groups in total. The lowest BCUT2D eigenvalue weighted by atomic mass is 10.2. The summed E-state index contributed by atoms with van der Waals surface area (Å²) in [6.07, 6.45) is -4.70. The molecule has 4 nitrogen and oxygen atoms in total. The van der Waals surface area contributed by atoms with Crippen LogP contribution in [0.5, 0.6) is 5.75 Å². The molecule has 0 fully saturated rings. The fourth-order valence-corrected chi connectivity index (χ4v) is 3.93. The molecule has 2 rings (SSSR count). The number of sulfonamides is 1. The summed E-state index contributed by atoms with van der Waals surface area (Å²) < 4.78 is 63.6. The van der Waals surface area contributed by atoms with Gasteiger partial charge < -0.3 is 5.11 Å². The van der Waals surface area contributed by atoms with Crippen LogP contribution < -0.4 is 4.72 Å². The molecule has 0 saturated carbocycles. The van der Waals surface area contributed by atoms with Gasteiger partial charge >= 0.3 is 6.18 Å². The van der Waals surface area contributed by atoms with Gasteiger partial charge in [-0.15, -0.1) is 11.3 Å². The van der Waals surface area contributed by atoms with Crippen molar-refractivity contribution in [1.82, 2.24) is 0 Å². The third-order valence-electron chi connectivity index (χ3n) is 2.54. The first-order chi connectivity index (χ1) is 9.59. The standard InChI is InChI=1S/C12H10F3NO3S2/c1-7-2-5-11(20-7)21(18,19)16-8-3-4-9(10(17)6-8)12(13,14)15/h2-6,16-17H,1H3. The van der Waals surface area contributed by atoms with E-state index in [1.807, 2.05) is 0 Å². The zero-order chi connectivity index (χ0) is 15.8. The highest BCUT2D eigenvalue weighted by atomic mass is 32.2. The summed E-state index contributed by atoms with van der Waals surface area (Å²) in [5, 5.41) is 9.35. The van der Waals surface area contributed by atoms with E-state index in [0.29, 0.717) is 6.07 Å². The van der Waals surface area contributed by atoms with Gasteiger partial charge in [-0.05, 0) is 31.2 Å². The molecule has 1 aromatic heterocycles. The second-order valence-electron chi connectivity index (χ2n) is 4.20. The van der Waals surface area contributed by atoms with Crippen molar-refractivity contribution in [2.75, 3.05) is 4.72 Å². The minimum absolute atomic E-state index is 0.0411. The maximum atomic E-state index is 12.5. The van der Waals surface area contributed by atoms with Crippen molar-refractivity contribution in [3.63, 3.8) is 0 Å². The molecule has 0 aliphatic rings. The molecule has 21 heavy (non-hydrogen) atoms. The molecule has 0 aliphatic heterocycles. The average Bonchev–Trinajstić information content (AvgIpc) is 2.74. The Bertz CT molecular complexity index is 766. The molecule has 0 amide bonds. The van der Waals surface area contributed by atoms with E-state index in [1.165, 1.54) is 6.07 Å². The minimum atomic E-state index is -4.70. The quantitative estimate of drug-likeness (QED) is 0.900. The predicted molar refractivity (Wildman–Crippen MR) is 73.0 cm³/mol. The van der Waals surface area contributed by atoms with Gasteiger partial charge in [0.1, 0.15) is 9.96 Å². The number of thiophene rings is 1. The highest BCUT2D eigenvalue weighted by molar-refractivity contribution is 7.94. The van der Waals surface area contributed by atoms with Crippen LogP contribution in [0.2, 0.25) is 0 Å². The number of anilines is 1. The Morgan fingerprint density at radius 2 is 1.86 bits per heavy atom. The van der Waals surface area contributed by atoms with Gasteiger partial charge in [0.15, 0.2) is 0 Å². The van der Waals surface area contributed by atoms with Crippen LogP contribution >= 0.6 is 11.3 Å². The summed E-state index contributed by atoms with van der Waals surface area (Å²) in [5.41, 5.74) is -1.37. The second-order valence-corrected chi connectivity index (χ2v) is 7.40. The smallest absolute Gasteiger partial charge is 0.419 e. The van der Waals surface area contributed by atoms with E-state index < -0.39 is 27.5 Å². The fourth-order valence-electron chi connectivity index (χ4n) is 1.60. The molecule has 0 radical (unpaired) electrons. The van der Waals surface area contributed by atoms with Crippen LogP contribution in [0.3, 0.4) is 0 Å². The summed E-state index contributed by atoms with van der Waals surface area (Å²) in [4.78, 5) is 0.783. The molecular weight excluding hydrogens is 327 g/mol. The fraction of sp³-hybridized carbons (Fsp3) is 0.167. The number of benzene rings is 1. The number of aromatic hydroxyl groups is 1. The van der Waals surface area contributed by atoms with E-state index in [9.17, 15) is 26.7 Å². The van der Waals surface area contributed by atoms with E-state index in [4.69, 9.17) is 0 Å².